The first kappa shape index (κ1) is 15.3. The molecule has 25 heavy (non-hydrogen) atoms. The van der Waals surface area contributed by atoms with Crippen molar-refractivity contribution in [3.8, 4) is 0 Å². The Morgan fingerprint density at radius 1 is 1.20 bits per heavy atom. The van der Waals surface area contributed by atoms with Gasteiger partial charge in [-0.2, -0.15) is 5.10 Å². The van der Waals surface area contributed by atoms with Crippen molar-refractivity contribution in [2.75, 3.05) is 0 Å². The number of nitrogens with zero attached hydrogens (tertiary/aromatic N) is 2. The molecular weight excluding hydrogens is 320 g/mol. The number of H-pyrrole nitrogens is 1. The van der Waals surface area contributed by atoms with E-state index in [1.54, 1.807) is 6.07 Å². The van der Waals surface area contributed by atoms with Gasteiger partial charge >= 0.3 is 0 Å². The molecule has 0 unspecified atom stereocenters. The summed E-state index contributed by atoms with van der Waals surface area (Å²) in [7, 11) is 0. The number of hydrogen-bond acceptors (Lipinski definition) is 4. The van der Waals surface area contributed by atoms with Gasteiger partial charge in [0, 0.05) is 17.5 Å². The number of non-ortho nitro benzene ring substituents is 1. The van der Waals surface area contributed by atoms with E-state index in [-0.39, 0.29) is 22.8 Å². The maximum Gasteiger partial charge on any atom is 0.273 e. The molecule has 1 aromatic heterocycles. The highest BCUT2D eigenvalue weighted by Crippen LogP contribution is 2.41. The van der Waals surface area contributed by atoms with Crippen LogP contribution in [-0.4, -0.2) is 21.0 Å². The fraction of sp³-hybridized carbons (Fsp3) is 0.222. The average Bonchev–Trinajstić information content (AvgIpc) is 3.02. The Balaban J connectivity index is 1.68. The SMILES string of the molecule is O=C(NC1(c2ccccc2)CCC1)c1n[nH]c2ccc([N+](=O)[O-])cc12. The summed E-state index contributed by atoms with van der Waals surface area (Å²) in [5.41, 5.74) is 1.40. The molecule has 7 nitrogen and oxygen atoms in total. The summed E-state index contributed by atoms with van der Waals surface area (Å²) in [6.07, 6.45) is 2.78. The van der Waals surface area contributed by atoms with Crippen molar-refractivity contribution >= 4 is 22.5 Å². The molecule has 7 heteroatoms. The summed E-state index contributed by atoms with van der Waals surface area (Å²) < 4.78 is 0. The highest BCUT2D eigenvalue weighted by molar-refractivity contribution is 6.05. The fourth-order valence-electron chi connectivity index (χ4n) is 3.34. The zero-order valence-corrected chi connectivity index (χ0v) is 13.4. The van der Waals surface area contributed by atoms with Crippen LogP contribution in [0, 0.1) is 10.1 Å². The van der Waals surface area contributed by atoms with Gasteiger partial charge in [-0.05, 0) is 30.9 Å². The van der Waals surface area contributed by atoms with Gasteiger partial charge in [-0.1, -0.05) is 30.3 Å². The van der Waals surface area contributed by atoms with E-state index < -0.39 is 4.92 Å². The molecule has 1 heterocycles. The van der Waals surface area contributed by atoms with Crippen molar-refractivity contribution in [2.45, 2.75) is 24.8 Å². The van der Waals surface area contributed by atoms with E-state index in [1.807, 2.05) is 30.3 Å². The van der Waals surface area contributed by atoms with Gasteiger partial charge in [0.25, 0.3) is 11.6 Å². The molecule has 2 aromatic carbocycles. The zero-order chi connectivity index (χ0) is 17.4. The van der Waals surface area contributed by atoms with E-state index >= 15 is 0 Å². The number of aromatic nitrogens is 2. The van der Waals surface area contributed by atoms with Crippen LogP contribution < -0.4 is 5.32 Å². The molecule has 0 aliphatic heterocycles. The largest absolute Gasteiger partial charge is 0.341 e. The number of carbonyl (C=O) groups is 1. The third-order valence-electron chi connectivity index (χ3n) is 4.86. The number of aromatic amines is 1. The summed E-state index contributed by atoms with van der Waals surface area (Å²) in [5, 5.41) is 21.4. The molecule has 0 atom stereocenters. The van der Waals surface area contributed by atoms with Crippen LogP contribution in [0.3, 0.4) is 0 Å². The van der Waals surface area contributed by atoms with Crippen LogP contribution in [0.25, 0.3) is 10.9 Å². The molecule has 1 saturated carbocycles. The van der Waals surface area contributed by atoms with Crippen molar-refractivity contribution in [2.24, 2.45) is 0 Å². The highest BCUT2D eigenvalue weighted by atomic mass is 16.6. The minimum absolute atomic E-state index is 0.0654. The Kier molecular flexibility index (Phi) is 3.49. The first-order valence-corrected chi connectivity index (χ1v) is 8.10. The van der Waals surface area contributed by atoms with Gasteiger partial charge in [-0.15, -0.1) is 0 Å². The number of hydrogen-bond donors (Lipinski definition) is 2. The second-order valence-electron chi connectivity index (χ2n) is 6.32. The lowest BCUT2D eigenvalue weighted by Crippen LogP contribution is -2.50. The third kappa shape index (κ3) is 2.53. The molecule has 4 rings (SSSR count). The minimum Gasteiger partial charge on any atom is -0.341 e. The smallest absolute Gasteiger partial charge is 0.273 e. The Labute approximate surface area is 143 Å². The van der Waals surface area contributed by atoms with Crippen LogP contribution in [0.2, 0.25) is 0 Å². The van der Waals surface area contributed by atoms with E-state index in [4.69, 9.17) is 0 Å². The number of fused-ring (bicyclic) bond motifs is 1. The predicted octanol–water partition coefficient (Wildman–Crippen LogP) is 3.28. The predicted molar refractivity (Wildman–Crippen MR) is 92.2 cm³/mol. The molecule has 1 fully saturated rings. The van der Waals surface area contributed by atoms with Gasteiger partial charge in [-0.3, -0.25) is 20.0 Å². The van der Waals surface area contributed by atoms with E-state index in [9.17, 15) is 14.9 Å². The van der Waals surface area contributed by atoms with Crippen LogP contribution in [0.15, 0.2) is 48.5 Å². The number of amides is 1. The molecule has 1 aliphatic rings. The summed E-state index contributed by atoms with van der Waals surface area (Å²) in [6.45, 7) is 0. The second-order valence-corrected chi connectivity index (χ2v) is 6.32. The van der Waals surface area contributed by atoms with Crippen molar-refractivity contribution < 1.29 is 9.72 Å². The van der Waals surface area contributed by atoms with Crippen LogP contribution >= 0.6 is 0 Å². The van der Waals surface area contributed by atoms with Crippen LogP contribution in [0.4, 0.5) is 5.69 Å². The number of benzene rings is 2. The van der Waals surface area contributed by atoms with Crippen LogP contribution in [0.5, 0.6) is 0 Å². The van der Waals surface area contributed by atoms with Gasteiger partial charge in [0.1, 0.15) is 0 Å². The fourth-order valence-corrected chi connectivity index (χ4v) is 3.34. The van der Waals surface area contributed by atoms with Gasteiger partial charge in [0.15, 0.2) is 5.69 Å². The van der Waals surface area contributed by atoms with Crippen LogP contribution in [-0.2, 0) is 5.54 Å². The van der Waals surface area contributed by atoms with Crippen molar-refractivity contribution in [1.29, 1.82) is 0 Å². The minimum atomic E-state index is -0.481. The Morgan fingerprint density at radius 3 is 2.60 bits per heavy atom. The molecule has 1 aliphatic carbocycles. The lowest BCUT2D eigenvalue weighted by atomic mass is 9.71. The van der Waals surface area contributed by atoms with E-state index in [1.165, 1.54) is 12.1 Å². The summed E-state index contributed by atoms with van der Waals surface area (Å²) in [4.78, 5) is 23.3. The van der Waals surface area contributed by atoms with E-state index in [2.05, 4.69) is 15.5 Å². The monoisotopic (exact) mass is 336 g/mol. The van der Waals surface area contributed by atoms with Gasteiger partial charge in [-0.25, -0.2) is 0 Å². The van der Waals surface area contributed by atoms with Gasteiger partial charge in [0.05, 0.1) is 16.0 Å². The summed E-state index contributed by atoms with van der Waals surface area (Å²) in [6, 6.07) is 14.2. The molecule has 0 bridgehead atoms. The Morgan fingerprint density at radius 2 is 1.96 bits per heavy atom. The van der Waals surface area contributed by atoms with Gasteiger partial charge < -0.3 is 5.32 Å². The standard InChI is InChI=1S/C18H16N4O3/c23-17(19-18(9-4-10-18)12-5-2-1-3-6-12)16-14-11-13(22(24)25)7-8-15(14)20-21-16/h1-3,5-8,11H,4,9-10H2,(H,19,23)(H,20,21). The number of nitrogens with one attached hydrogen (secondary N) is 2. The van der Waals surface area contributed by atoms with Crippen molar-refractivity contribution in [1.82, 2.24) is 15.5 Å². The van der Waals surface area contributed by atoms with Crippen molar-refractivity contribution in [3.05, 3.63) is 69.9 Å². The number of rotatable bonds is 4. The molecule has 126 valence electrons. The molecule has 3 aromatic rings. The molecule has 0 saturated heterocycles. The maximum atomic E-state index is 12.8. The molecule has 2 N–H and O–H groups in total. The summed E-state index contributed by atoms with van der Waals surface area (Å²) >= 11 is 0. The normalized spacial score (nSPS) is 15.5. The lowest BCUT2D eigenvalue weighted by molar-refractivity contribution is -0.384. The van der Waals surface area contributed by atoms with Gasteiger partial charge in [0.2, 0.25) is 0 Å². The van der Waals surface area contributed by atoms with Crippen LogP contribution in [0.1, 0.15) is 35.3 Å². The number of carbonyl (C=O) groups excluding carboxylic acids is 1. The highest BCUT2D eigenvalue weighted by Gasteiger charge is 2.40. The topological polar surface area (TPSA) is 101 Å². The average molecular weight is 336 g/mol. The lowest BCUT2D eigenvalue weighted by Gasteiger charge is -2.43. The first-order chi connectivity index (χ1) is 12.1. The maximum absolute atomic E-state index is 12.8. The van der Waals surface area contributed by atoms with E-state index in [0.717, 1.165) is 24.8 Å². The molecule has 0 radical (unpaired) electrons. The zero-order valence-electron chi connectivity index (χ0n) is 13.4. The number of nitro benzene ring substituents is 1. The summed E-state index contributed by atoms with van der Waals surface area (Å²) in [5.74, 6) is -0.324. The first-order valence-electron chi connectivity index (χ1n) is 8.10. The van der Waals surface area contributed by atoms with E-state index in [0.29, 0.717) is 10.9 Å². The Bertz CT molecular complexity index is 961. The number of nitro groups is 1. The Hall–Kier alpha value is -3.22. The third-order valence-corrected chi connectivity index (χ3v) is 4.86. The molecule has 0 spiro atoms. The quantitative estimate of drug-likeness (QED) is 0.564. The molecular formula is C18H16N4O3. The van der Waals surface area contributed by atoms with Crippen molar-refractivity contribution in [3.63, 3.8) is 0 Å². The second kappa shape index (κ2) is 5.70. The molecule has 1 amide bonds.